The molecule has 0 saturated heterocycles. The molecule has 0 atom stereocenters. The van der Waals surface area contributed by atoms with Crippen molar-refractivity contribution in [2.75, 3.05) is 26.6 Å². The Morgan fingerprint density at radius 3 is 1.45 bits per heavy atom. The van der Waals surface area contributed by atoms with Crippen molar-refractivity contribution >= 4 is 23.9 Å². The molecule has 5 heteroatoms. The second kappa shape index (κ2) is 12.8. The number of hydrogen-bond donors (Lipinski definition) is 1. The van der Waals surface area contributed by atoms with Gasteiger partial charge in [-0.2, -0.15) is 0 Å². The van der Waals surface area contributed by atoms with Gasteiger partial charge < -0.3 is 0 Å². The van der Waals surface area contributed by atoms with E-state index in [1.165, 1.54) is 87.4 Å². The first-order valence-corrected chi connectivity index (χ1v) is 23.3. The maximum absolute atomic E-state index is 7.87. The summed E-state index contributed by atoms with van der Waals surface area (Å²) < 4.78 is 19.5. The third-order valence-corrected chi connectivity index (χ3v) is 36.7. The van der Waals surface area contributed by atoms with E-state index in [4.69, 9.17) is 6.92 Å². The van der Waals surface area contributed by atoms with Crippen molar-refractivity contribution in [2.24, 2.45) is 0 Å². The maximum atomic E-state index is 7.87. The summed E-state index contributed by atoms with van der Waals surface area (Å²) in [5.41, 5.74) is 4.63. The molecule has 4 aromatic rings. The first kappa shape index (κ1) is 31.7. The standard InChI is InChI=1S/C13H12N.C12H22P.2C6H5.2CH3O.Pd/c1-14-13-10-6-5-9-12(13)11-7-3-2-4-8-11;1-3-7-11(8-4-1)13-12-9-5-2-6-10-12;2*1-2-4-6-5-3-1;2*1-2;/h2-7,9-10,14H,1H3;11-12H,1-10H2;2*1-5H;2*1H3;/q;-1;;;2*-1;+3. The monoisotopic (exact) mass is 701 g/mol. The van der Waals surface area contributed by atoms with E-state index in [1.54, 1.807) is 0 Å². The Labute approximate surface area is 265 Å². The van der Waals surface area contributed by atoms with Gasteiger partial charge >= 0.3 is 267 Å². The fraction of sp³-hybridized carbons (Fsp3) is 0.385. The molecule has 2 aliphatic carbocycles. The van der Waals surface area contributed by atoms with Crippen LogP contribution in [0.25, 0.3) is 11.1 Å². The van der Waals surface area contributed by atoms with Crippen LogP contribution in [-0.2, 0) is 20.3 Å². The minimum absolute atomic E-state index is 0.558. The van der Waals surface area contributed by atoms with Gasteiger partial charge in [-0.15, -0.1) is 0 Å². The normalized spacial score (nSPS) is 18.5. The summed E-state index contributed by atoms with van der Waals surface area (Å²) in [7, 11) is 6.05. The molecule has 0 bridgehead atoms. The number of anilines is 1. The van der Waals surface area contributed by atoms with Gasteiger partial charge in [0.1, 0.15) is 0 Å². The molecule has 2 fully saturated rings. The van der Waals surface area contributed by atoms with Gasteiger partial charge in [0.15, 0.2) is 0 Å². The SMILES string of the molecule is CNc1ccccc1-c1cccc[c]1[Pd]([O]C)([O]C)([c]1ccccc1)([c]1ccccc1)[P](C1CCCCC1)C1CCCCC1. The molecular weight excluding hydrogens is 652 g/mol. The zero-order valence-electron chi connectivity index (χ0n) is 26.7. The fourth-order valence-corrected chi connectivity index (χ4v) is 39.0. The van der Waals surface area contributed by atoms with Gasteiger partial charge in [-0.1, -0.05) is 0 Å². The van der Waals surface area contributed by atoms with Crippen LogP contribution in [0.2, 0.25) is 0 Å². The topological polar surface area (TPSA) is 30.5 Å². The van der Waals surface area contributed by atoms with Gasteiger partial charge in [0.05, 0.1) is 0 Å². The van der Waals surface area contributed by atoms with Crippen LogP contribution in [0.15, 0.2) is 109 Å². The van der Waals surface area contributed by atoms with Gasteiger partial charge in [0, 0.05) is 0 Å². The number of hydrogen-bond acceptors (Lipinski definition) is 3. The van der Waals surface area contributed by atoms with Crippen molar-refractivity contribution in [2.45, 2.75) is 75.5 Å². The Bertz CT molecular complexity index is 1480. The van der Waals surface area contributed by atoms with Crippen LogP contribution < -0.4 is 17.4 Å². The van der Waals surface area contributed by atoms with Gasteiger partial charge in [-0.3, -0.25) is 0 Å². The predicted molar refractivity (Wildman–Crippen MR) is 188 cm³/mol. The van der Waals surface area contributed by atoms with Crippen LogP contribution in [0.1, 0.15) is 64.2 Å². The number of para-hydroxylation sites is 1. The Morgan fingerprint density at radius 2 is 0.977 bits per heavy atom. The van der Waals surface area contributed by atoms with E-state index in [0.717, 1.165) is 5.69 Å². The fourth-order valence-electron chi connectivity index (χ4n) is 7.85. The third kappa shape index (κ3) is 4.44. The quantitative estimate of drug-likeness (QED) is 0.132. The first-order chi connectivity index (χ1) is 21.6. The molecule has 0 amide bonds. The number of benzene rings is 4. The summed E-state index contributed by atoms with van der Waals surface area (Å²) >= 11 is -5.41. The Kier molecular flexibility index (Phi) is 9.23. The van der Waals surface area contributed by atoms with Crippen LogP contribution in [0.5, 0.6) is 0 Å². The van der Waals surface area contributed by atoms with E-state index in [-0.39, 0.29) is 0 Å². The summed E-state index contributed by atoms with van der Waals surface area (Å²) in [5.74, 6) is 0. The molecule has 0 aliphatic heterocycles. The molecule has 238 valence electrons. The van der Waals surface area contributed by atoms with E-state index in [1.807, 2.05) is 21.3 Å². The molecule has 44 heavy (non-hydrogen) atoms. The second-order valence-corrected chi connectivity index (χ2v) is 29.1. The van der Waals surface area contributed by atoms with Crippen molar-refractivity contribution in [3.63, 3.8) is 0 Å². The van der Waals surface area contributed by atoms with Gasteiger partial charge in [-0.05, 0) is 0 Å². The van der Waals surface area contributed by atoms with Crippen LogP contribution in [0.4, 0.5) is 5.69 Å². The third-order valence-electron chi connectivity index (χ3n) is 9.76. The average molecular weight is 702 g/mol. The van der Waals surface area contributed by atoms with E-state index < -0.39 is 19.5 Å². The molecule has 3 nitrogen and oxygen atoms in total. The van der Waals surface area contributed by atoms with E-state index in [2.05, 4.69) is 115 Å². The van der Waals surface area contributed by atoms with Crippen LogP contribution in [0.3, 0.4) is 0 Å². The summed E-state index contributed by atoms with van der Waals surface area (Å²) in [6.07, 6.45) is 12.0. The van der Waals surface area contributed by atoms with E-state index in [9.17, 15) is 0 Å². The summed E-state index contributed by atoms with van der Waals surface area (Å²) in [6, 6.07) is 40.5. The van der Waals surface area contributed by atoms with Crippen molar-refractivity contribution in [3.8, 4) is 11.1 Å². The Hall–Kier alpha value is -2.31. The number of nitrogens with one attached hydrogen (secondary N) is 1. The van der Waals surface area contributed by atoms with Gasteiger partial charge in [0.25, 0.3) is 0 Å². The molecular formula is C39H50NO2PPd. The Morgan fingerprint density at radius 1 is 0.545 bits per heavy atom. The summed E-state index contributed by atoms with van der Waals surface area (Å²) in [4.78, 5) is 0. The molecule has 0 aromatic heterocycles. The van der Waals surface area contributed by atoms with Crippen LogP contribution in [-0.4, -0.2) is 32.6 Å². The number of rotatable bonds is 10. The van der Waals surface area contributed by atoms with Crippen molar-refractivity contribution in [1.29, 1.82) is 0 Å². The molecule has 1 N–H and O–H groups in total. The van der Waals surface area contributed by atoms with Gasteiger partial charge in [0.2, 0.25) is 0 Å². The van der Waals surface area contributed by atoms with Crippen molar-refractivity contribution < 1.29 is 20.3 Å². The van der Waals surface area contributed by atoms with Crippen LogP contribution >= 0.6 is 6.11 Å². The molecule has 4 aromatic carbocycles. The minimum atomic E-state index is -5.41. The Balaban J connectivity index is 1.90. The zero-order chi connectivity index (χ0) is 30.5. The van der Waals surface area contributed by atoms with Crippen LogP contribution in [0, 0.1) is 0 Å². The molecule has 6 rings (SSSR count). The molecule has 2 saturated carbocycles. The average Bonchev–Trinajstić information content (AvgIpc) is 3.13. The predicted octanol–water partition coefficient (Wildman–Crippen LogP) is 9.08. The van der Waals surface area contributed by atoms with E-state index in [0.29, 0.717) is 11.3 Å². The van der Waals surface area contributed by atoms with Crippen molar-refractivity contribution in [3.05, 3.63) is 109 Å². The van der Waals surface area contributed by atoms with E-state index >= 15 is 0 Å². The molecule has 0 radical (unpaired) electrons. The summed E-state index contributed by atoms with van der Waals surface area (Å²) in [5, 5.41) is 3.51. The second-order valence-electron chi connectivity index (χ2n) is 11.9. The molecule has 0 spiro atoms. The van der Waals surface area contributed by atoms with Crippen molar-refractivity contribution in [1.82, 2.24) is 0 Å². The first-order valence-electron chi connectivity index (χ1n) is 16.3. The molecule has 0 unspecified atom stereocenters. The summed E-state index contributed by atoms with van der Waals surface area (Å²) in [6.45, 7) is 0. The van der Waals surface area contributed by atoms with Gasteiger partial charge in [-0.25, -0.2) is 0 Å². The molecule has 2 aliphatic rings. The molecule has 0 heterocycles. The zero-order valence-corrected chi connectivity index (χ0v) is 29.1.